The van der Waals surface area contributed by atoms with Crippen LogP contribution in [0.15, 0.2) is 30.3 Å². The van der Waals surface area contributed by atoms with Gasteiger partial charge in [0.1, 0.15) is 5.54 Å². The van der Waals surface area contributed by atoms with Crippen LogP contribution in [0.2, 0.25) is 0 Å². The van der Waals surface area contributed by atoms with Crippen molar-refractivity contribution < 1.29 is 14.7 Å². The van der Waals surface area contributed by atoms with E-state index in [1.54, 1.807) is 12.1 Å². The lowest BCUT2D eigenvalue weighted by atomic mass is 9.77. The summed E-state index contributed by atoms with van der Waals surface area (Å²) in [4.78, 5) is 26.1. The quantitative estimate of drug-likeness (QED) is 0.841. The number of rotatable bonds is 3. The number of carbonyl (C=O) groups is 2. The average molecular weight is 302 g/mol. The summed E-state index contributed by atoms with van der Waals surface area (Å²) in [6, 6.07) is 8.72. The molecule has 1 spiro atoms. The van der Waals surface area contributed by atoms with Gasteiger partial charge in [-0.1, -0.05) is 37.3 Å². The number of nitrogens with zero attached hydrogens (tertiary/aromatic N) is 1. The molecule has 22 heavy (non-hydrogen) atoms. The van der Waals surface area contributed by atoms with Crippen molar-refractivity contribution in [3.63, 3.8) is 0 Å². The minimum atomic E-state index is -0.853. The molecular formula is C17H22N2O3. The van der Waals surface area contributed by atoms with Crippen molar-refractivity contribution in [2.24, 2.45) is 5.92 Å². The Morgan fingerprint density at radius 2 is 1.91 bits per heavy atom. The predicted molar refractivity (Wildman–Crippen MR) is 82.0 cm³/mol. The van der Waals surface area contributed by atoms with Gasteiger partial charge in [-0.15, -0.1) is 0 Å². The molecule has 1 heterocycles. The van der Waals surface area contributed by atoms with E-state index >= 15 is 0 Å². The molecule has 1 saturated heterocycles. The summed E-state index contributed by atoms with van der Waals surface area (Å²) >= 11 is 0. The molecule has 5 nitrogen and oxygen atoms in total. The molecule has 118 valence electrons. The van der Waals surface area contributed by atoms with Crippen molar-refractivity contribution in [1.29, 1.82) is 0 Å². The van der Waals surface area contributed by atoms with E-state index in [0.717, 1.165) is 12.8 Å². The number of amides is 3. The minimum absolute atomic E-state index is 0.00594. The summed E-state index contributed by atoms with van der Waals surface area (Å²) in [5.74, 6) is 0.415. The lowest BCUT2D eigenvalue weighted by molar-refractivity contribution is -0.133. The van der Waals surface area contributed by atoms with E-state index in [-0.39, 0.29) is 18.5 Å². The first-order valence-electron chi connectivity index (χ1n) is 7.89. The van der Waals surface area contributed by atoms with Crippen molar-refractivity contribution >= 4 is 11.9 Å². The number of urea groups is 1. The maximum Gasteiger partial charge on any atom is 0.325 e. The largest absolute Gasteiger partial charge is 0.387 e. The smallest absolute Gasteiger partial charge is 0.325 e. The number of imide groups is 1. The monoisotopic (exact) mass is 302 g/mol. The van der Waals surface area contributed by atoms with Crippen molar-refractivity contribution in [2.75, 3.05) is 6.54 Å². The Morgan fingerprint density at radius 1 is 1.27 bits per heavy atom. The number of aliphatic hydroxyl groups excluding tert-OH is 1. The summed E-state index contributed by atoms with van der Waals surface area (Å²) in [6.45, 7) is 2.18. The van der Waals surface area contributed by atoms with Gasteiger partial charge in [-0.05, 0) is 37.2 Å². The van der Waals surface area contributed by atoms with Crippen LogP contribution in [0.5, 0.6) is 0 Å². The highest BCUT2D eigenvalue weighted by Gasteiger charge is 2.52. The van der Waals surface area contributed by atoms with Crippen LogP contribution in [-0.2, 0) is 4.79 Å². The van der Waals surface area contributed by atoms with Crippen LogP contribution < -0.4 is 5.32 Å². The van der Waals surface area contributed by atoms with Crippen LogP contribution in [0, 0.1) is 5.92 Å². The van der Waals surface area contributed by atoms with Gasteiger partial charge in [0, 0.05) is 0 Å². The highest BCUT2D eigenvalue weighted by Crippen LogP contribution is 2.36. The van der Waals surface area contributed by atoms with Crippen LogP contribution in [-0.4, -0.2) is 34.0 Å². The van der Waals surface area contributed by atoms with E-state index in [1.165, 1.54) is 4.90 Å². The molecule has 2 fully saturated rings. The van der Waals surface area contributed by atoms with Crippen LogP contribution in [0.1, 0.15) is 44.3 Å². The Hall–Kier alpha value is -1.88. The van der Waals surface area contributed by atoms with E-state index < -0.39 is 11.6 Å². The number of aliphatic hydroxyl groups is 1. The van der Waals surface area contributed by atoms with E-state index in [9.17, 15) is 14.7 Å². The third kappa shape index (κ3) is 2.61. The van der Waals surface area contributed by atoms with Crippen molar-refractivity contribution in [3.05, 3.63) is 35.9 Å². The second-order valence-electron chi connectivity index (χ2n) is 6.54. The van der Waals surface area contributed by atoms with Crippen molar-refractivity contribution in [1.82, 2.24) is 10.2 Å². The Morgan fingerprint density at radius 3 is 2.55 bits per heavy atom. The second kappa shape index (κ2) is 5.72. The normalized spacial score (nSPS) is 29.7. The molecule has 1 aromatic rings. The fourth-order valence-electron chi connectivity index (χ4n) is 3.39. The molecule has 1 aliphatic carbocycles. The van der Waals surface area contributed by atoms with Gasteiger partial charge in [-0.3, -0.25) is 9.69 Å². The topological polar surface area (TPSA) is 69.6 Å². The SMILES string of the molecule is CC1CCC2(CC1)NC(=O)N(C[C@@H](O)c1ccccc1)C2=O. The Balaban J connectivity index is 1.72. The Labute approximate surface area is 130 Å². The summed E-state index contributed by atoms with van der Waals surface area (Å²) in [5, 5.41) is 13.1. The molecule has 1 aliphatic heterocycles. The zero-order valence-corrected chi connectivity index (χ0v) is 12.8. The third-order valence-electron chi connectivity index (χ3n) is 4.91. The van der Waals surface area contributed by atoms with Crippen LogP contribution >= 0.6 is 0 Å². The first-order valence-corrected chi connectivity index (χ1v) is 7.89. The Bertz CT molecular complexity index is 565. The summed E-state index contributed by atoms with van der Waals surface area (Å²) in [6.07, 6.45) is 2.42. The molecule has 0 aromatic heterocycles. The van der Waals surface area contributed by atoms with E-state index in [2.05, 4.69) is 12.2 Å². The van der Waals surface area contributed by atoms with Crippen LogP contribution in [0.25, 0.3) is 0 Å². The number of nitrogens with one attached hydrogen (secondary N) is 1. The second-order valence-corrected chi connectivity index (χ2v) is 6.54. The van der Waals surface area contributed by atoms with Gasteiger partial charge < -0.3 is 10.4 Å². The number of hydrogen-bond donors (Lipinski definition) is 2. The van der Waals surface area contributed by atoms with Gasteiger partial charge in [0.2, 0.25) is 0 Å². The molecule has 3 rings (SSSR count). The zero-order chi connectivity index (χ0) is 15.7. The number of benzene rings is 1. The third-order valence-corrected chi connectivity index (χ3v) is 4.91. The van der Waals surface area contributed by atoms with Gasteiger partial charge in [0.25, 0.3) is 5.91 Å². The fourth-order valence-corrected chi connectivity index (χ4v) is 3.39. The van der Waals surface area contributed by atoms with E-state index in [1.807, 2.05) is 18.2 Å². The van der Waals surface area contributed by atoms with Gasteiger partial charge in [-0.2, -0.15) is 0 Å². The molecule has 0 bridgehead atoms. The first-order chi connectivity index (χ1) is 10.5. The molecule has 3 amide bonds. The van der Waals surface area contributed by atoms with Gasteiger partial charge in [0.05, 0.1) is 12.6 Å². The molecule has 2 aliphatic rings. The van der Waals surface area contributed by atoms with Crippen molar-refractivity contribution in [2.45, 2.75) is 44.2 Å². The maximum atomic E-state index is 12.7. The lowest BCUT2D eigenvalue weighted by Crippen LogP contribution is -2.49. The molecule has 0 radical (unpaired) electrons. The van der Waals surface area contributed by atoms with Crippen LogP contribution in [0.3, 0.4) is 0 Å². The first kappa shape index (κ1) is 15.0. The summed E-state index contributed by atoms with van der Waals surface area (Å²) in [7, 11) is 0. The summed E-state index contributed by atoms with van der Waals surface area (Å²) < 4.78 is 0. The molecule has 1 atom stereocenters. The predicted octanol–water partition coefficient (Wildman–Crippen LogP) is 2.22. The molecular weight excluding hydrogens is 280 g/mol. The lowest BCUT2D eigenvalue weighted by Gasteiger charge is -2.33. The van der Waals surface area contributed by atoms with Gasteiger partial charge in [-0.25, -0.2) is 4.79 Å². The zero-order valence-electron chi connectivity index (χ0n) is 12.8. The molecule has 5 heteroatoms. The number of carbonyl (C=O) groups excluding carboxylic acids is 2. The summed E-state index contributed by atoms with van der Waals surface area (Å²) in [5.41, 5.74) is -0.0266. The van der Waals surface area contributed by atoms with E-state index in [4.69, 9.17) is 0 Å². The van der Waals surface area contributed by atoms with E-state index in [0.29, 0.717) is 24.3 Å². The molecule has 0 unspecified atom stereocenters. The fraction of sp³-hybridized carbons (Fsp3) is 0.529. The number of β-amino-alcohol motifs (C(OH)–C–C–N with tert-alkyl or cyclic N) is 1. The number of hydrogen-bond acceptors (Lipinski definition) is 3. The van der Waals surface area contributed by atoms with Crippen molar-refractivity contribution in [3.8, 4) is 0 Å². The van der Waals surface area contributed by atoms with Gasteiger partial charge in [0.15, 0.2) is 0 Å². The Kier molecular flexibility index (Phi) is 3.91. The average Bonchev–Trinajstić information content (AvgIpc) is 2.76. The standard InChI is InChI=1S/C17H22N2O3/c1-12-7-9-17(10-8-12)15(21)19(16(22)18-17)11-14(20)13-5-3-2-4-6-13/h2-6,12,14,20H,7-11H2,1H3,(H,18,22)/t12?,14-,17?/m1/s1. The highest BCUT2D eigenvalue weighted by molar-refractivity contribution is 6.07. The molecule has 1 saturated carbocycles. The maximum absolute atomic E-state index is 12.7. The van der Waals surface area contributed by atoms with Crippen LogP contribution in [0.4, 0.5) is 4.79 Å². The molecule has 2 N–H and O–H groups in total. The van der Waals surface area contributed by atoms with Gasteiger partial charge >= 0.3 is 6.03 Å². The molecule has 1 aromatic carbocycles. The highest BCUT2D eigenvalue weighted by atomic mass is 16.3. The minimum Gasteiger partial charge on any atom is -0.387 e.